The summed E-state index contributed by atoms with van der Waals surface area (Å²) in [7, 11) is 0. The number of aromatic carboxylic acids is 1. The number of aryl methyl sites for hydroxylation is 1. The molecule has 6 nitrogen and oxygen atoms in total. The van der Waals surface area contributed by atoms with Crippen molar-refractivity contribution >= 4 is 23.5 Å². The van der Waals surface area contributed by atoms with Crippen molar-refractivity contribution in [3.05, 3.63) is 65.0 Å². The van der Waals surface area contributed by atoms with Crippen molar-refractivity contribution in [3.63, 3.8) is 0 Å². The van der Waals surface area contributed by atoms with Crippen LogP contribution in [0.25, 0.3) is 0 Å². The molecule has 2 aromatic carbocycles. The molecule has 0 aliphatic rings. The van der Waals surface area contributed by atoms with Crippen LogP contribution in [0.3, 0.4) is 0 Å². The van der Waals surface area contributed by atoms with Gasteiger partial charge in [-0.25, -0.2) is 9.18 Å². The first-order valence-electron chi connectivity index (χ1n) is 8.40. The van der Waals surface area contributed by atoms with Crippen LogP contribution in [-0.2, 0) is 4.79 Å². The van der Waals surface area contributed by atoms with Gasteiger partial charge >= 0.3 is 5.97 Å². The lowest BCUT2D eigenvalue weighted by atomic mass is 10.0. The molecule has 2 aromatic rings. The SMILES string of the molecule is Cc1cccc(C(=O)NC(C(=O)Nc2ccc(C(=O)O)cc2F)C(C)C)c1. The minimum atomic E-state index is -1.27. The molecule has 7 heteroatoms. The lowest BCUT2D eigenvalue weighted by Gasteiger charge is -2.22. The van der Waals surface area contributed by atoms with Gasteiger partial charge in [0.2, 0.25) is 5.91 Å². The highest BCUT2D eigenvalue weighted by Crippen LogP contribution is 2.17. The van der Waals surface area contributed by atoms with Gasteiger partial charge in [0.25, 0.3) is 5.91 Å². The van der Waals surface area contributed by atoms with Crippen molar-refractivity contribution in [1.29, 1.82) is 0 Å². The van der Waals surface area contributed by atoms with Gasteiger partial charge in [0.1, 0.15) is 11.9 Å². The van der Waals surface area contributed by atoms with E-state index in [9.17, 15) is 18.8 Å². The quantitative estimate of drug-likeness (QED) is 0.725. The highest BCUT2D eigenvalue weighted by Gasteiger charge is 2.25. The Morgan fingerprint density at radius 2 is 1.74 bits per heavy atom. The third-order valence-electron chi connectivity index (χ3n) is 3.99. The van der Waals surface area contributed by atoms with E-state index in [-0.39, 0.29) is 17.2 Å². The van der Waals surface area contributed by atoms with E-state index in [2.05, 4.69) is 10.6 Å². The summed E-state index contributed by atoms with van der Waals surface area (Å²) in [5, 5.41) is 13.9. The Morgan fingerprint density at radius 1 is 1.04 bits per heavy atom. The number of carbonyl (C=O) groups is 3. The van der Waals surface area contributed by atoms with Crippen LogP contribution in [0.15, 0.2) is 42.5 Å². The molecule has 0 heterocycles. The fraction of sp³-hybridized carbons (Fsp3) is 0.250. The van der Waals surface area contributed by atoms with Crippen LogP contribution in [0, 0.1) is 18.7 Å². The fourth-order valence-electron chi connectivity index (χ4n) is 2.51. The number of carbonyl (C=O) groups excluding carboxylic acids is 2. The molecule has 0 aliphatic carbocycles. The van der Waals surface area contributed by atoms with Crippen LogP contribution in [0.4, 0.5) is 10.1 Å². The number of carboxylic acid groups (broad SMARTS) is 1. The lowest BCUT2D eigenvalue weighted by Crippen LogP contribution is -2.47. The number of hydrogen-bond donors (Lipinski definition) is 3. The second kappa shape index (κ2) is 8.44. The lowest BCUT2D eigenvalue weighted by molar-refractivity contribution is -0.118. The Balaban J connectivity index is 2.15. The van der Waals surface area contributed by atoms with Crippen molar-refractivity contribution in [2.45, 2.75) is 26.8 Å². The third-order valence-corrected chi connectivity index (χ3v) is 3.99. The van der Waals surface area contributed by atoms with Gasteiger partial charge in [-0.05, 0) is 43.2 Å². The van der Waals surface area contributed by atoms with Crippen LogP contribution in [0.1, 0.15) is 40.1 Å². The summed E-state index contributed by atoms with van der Waals surface area (Å²) in [6.45, 7) is 5.36. The van der Waals surface area contributed by atoms with Crippen LogP contribution in [0.5, 0.6) is 0 Å². The average Bonchev–Trinajstić information content (AvgIpc) is 2.60. The number of anilines is 1. The summed E-state index contributed by atoms with van der Waals surface area (Å²) in [6, 6.07) is 9.25. The smallest absolute Gasteiger partial charge is 0.335 e. The molecule has 2 amide bonds. The summed E-state index contributed by atoms with van der Waals surface area (Å²) < 4.78 is 14.0. The molecular formula is C20H21FN2O4. The molecule has 1 unspecified atom stereocenters. The van der Waals surface area contributed by atoms with Gasteiger partial charge in [-0.1, -0.05) is 31.5 Å². The molecule has 0 spiro atoms. The molecule has 0 fully saturated rings. The molecule has 0 bridgehead atoms. The topological polar surface area (TPSA) is 95.5 Å². The van der Waals surface area contributed by atoms with Crippen molar-refractivity contribution in [2.75, 3.05) is 5.32 Å². The normalized spacial score (nSPS) is 11.7. The number of halogens is 1. The first kappa shape index (κ1) is 20.1. The first-order chi connectivity index (χ1) is 12.7. The summed E-state index contributed by atoms with van der Waals surface area (Å²) in [4.78, 5) is 35.8. The van der Waals surface area contributed by atoms with Gasteiger partial charge in [-0.15, -0.1) is 0 Å². The second-order valence-electron chi connectivity index (χ2n) is 6.55. The molecule has 0 radical (unpaired) electrons. The minimum absolute atomic E-state index is 0.152. The maximum atomic E-state index is 14.0. The van der Waals surface area contributed by atoms with E-state index in [0.717, 1.165) is 11.6 Å². The molecule has 0 aromatic heterocycles. The van der Waals surface area contributed by atoms with Gasteiger partial charge in [0, 0.05) is 5.56 Å². The van der Waals surface area contributed by atoms with E-state index in [1.54, 1.807) is 32.0 Å². The molecule has 0 saturated carbocycles. The molecule has 0 aliphatic heterocycles. The van der Waals surface area contributed by atoms with Gasteiger partial charge in [-0.2, -0.15) is 0 Å². The Labute approximate surface area is 156 Å². The predicted octanol–water partition coefficient (Wildman–Crippen LogP) is 3.23. The molecule has 1 atom stereocenters. The summed E-state index contributed by atoms with van der Waals surface area (Å²) in [5.74, 6) is -3.38. The number of carboxylic acids is 1. The zero-order chi connectivity index (χ0) is 20.1. The zero-order valence-electron chi connectivity index (χ0n) is 15.2. The average molecular weight is 372 g/mol. The van der Waals surface area contributed by atoms with Crippen LogP contribution in [-0.4, -0.2) is 28.9 Å². The largest absolute Gasteiger partial charge is 0.478 e. The van der Waals surface area contributed by atoms with Gasteiger partial charge < -0.3 is 15.7 Å². The fourth-order valence-corrected chi connectivity index (χ4v) is 2.51. The van der Waals surface area contributed by atoms with Crippen LogP contribution in [0.2, 0.25) is 0 Å². The third kappa shape index (κ3) is 5.13. The summed E-state index contributed by atoms with van der Waals surface area (Å²) in [6.07, 6.45) is 0. The van der Waals surface area contributed by atoms with E-state index in [0.29, 0.717) is 5.56 Å². The first-order valence-corrected chi connectivity index (χ1v) is 8.40. The Morgan fingerprint density at radius 3 is 2.30 bits per heavy atom. The van der Waals surface area contributed by atoms with Crippen molar-refractivity contribution in [3.8, 4) is 0 Å². The van der Waals surface area contributed by atoms with Crippen molar-refractivity contribution < 1.29 is 23.9 Å². The number of amides is 2. The molecule has 2 rings (SSSR count). The van der Waals surface area contributed by atoms with E-state index in [1.165, 1.54) is 12.1 Å². The Hall–Kier alpha value is -3.22. The van der Waals surface area contributed by atoms with Crippen LogP contribution < -0.4 is 10.6 Å². The zero-order valence-corrected chi connectivity index (χ0v) is 15.2. The molecule has 3 N–H and O–H groups in total. The van der Waals surface area contributed by atoms with Gasteiger partial charge in [0.15, 0.2) is 0 Å². The second-order valence-corrected chi connectivity index (χ2v) is 6.55. The molecule has 27 heavy (non-hydrogen) atoms. The maximum Gasteiger partial charge on any atom is 0.335 e. The molecule has 0 saturated heterocycles. The van der Waals surface area contributed by atoms with E-state index >= 15 is 0 Å². The Kier molecular flexibility index (Phi) is 6.28. The number of rotatable bonds is 6. The molecular weight excluding hydrogens is 351 g/mol. The van der Waals surface area contributed by atoms with Crippen LogP contribution >= 0.6 is 0 Å². The summed E-state index contributed by atoms with van der Waals surface area (Å²) >= 11 is 0. The van der Waals surface area contributed by atoms with E-state index in [4.69, 9.17) is 5.11 Å². The van der Waals surface area contributed by atoms with Crippen molar-refractivity contribution in [2.24, 2.45) is 5.92 Å². The monoisotopic (exact) mass is 372 g/mol. The number of hydrogen-bond acceptors (Lipinski definition) is 3. The Bertz CT molecular complexity index is 880. The van der Waals surface area contributed by atoms with Crippen molar-refractivity contribution in [1.82, 2.24) is 5.32 Å². The van der Waals surface area contributed by atoms with Gasteiger partial charge in [0.05, 0.1) is 11.3 Å². The minimum Gasteiger partial charge on any atom is -0.478 e. The van der Waals surface area contributed by atoms with Gasteiger partial charge in [-0.3, -0.25) is 9.59 Å². The number of nitrogens with one attached hydrogen (secondary N) is 2. The van der Waals surface area contributed by atoms with E-state index in [1.807, 2.05) is 13.0 Å². The maximum absolute atomic E-state index is 14.0. The predicted molar refractivity (Wildman–Crippen MR) is 99.3 cm³/mol. The highest BCUT2D eigenvalue weighted by molar-refractivity contribution is 6.01. The molecule has 142 valence electrons. The number of benzene rings is 2. The van der Waals surface area contributed by atoms with E-state index < -0.39 is 29.6 Å². The highest BCUT2D eigenvalue weighted by atomic mass is 19.1. The summed E-state index contributed by atoms with van der Waals surface area (Å²) in [5.41, 5.74) is 0.957. The standard InChI is InChI=1S/C20H21FN2O4/c1-11(2)17(23-18(24)13-6-4-5-12(3)9-13)19(25)22-16-8-7-14(20(26)27)10-15(16)21/h4-11,17H,1-3H3,(H,22,25)(H,23,24)(H,26,27).